The van der Waals surface area contributed by atoms with Crippen molar-refractivity contribution in [3.63, 3.8) is 0 Å². The number of amides is 2. The number of tetrazole rings is 1. The molecule has 0 spiro atoms. The van der Waals surface area contributed by atoms with E-state index in [2.05, 4.69) is 25.9 Å². The second-order valence-corrected chi connectivity index (χ2v) is 9.73. The summed E-state index contributed by atoms with van der Waals surface area (Å²) in [6.45, 7) is 6.10. The van der Waals surface area contributed by atoms with Gasteiger partial charge < -0.3 is 20.1 Å². The van der Waals surface area contributed by atoms with Crippen molar-refractivity contribution < 1.29 is 19.4 Å². The Morgan fingerprint density at radius 1 is 1.41 bits per heavy atom. The van der Waals surface area contributed by atoms with Gasteiger partial charge in [0.15, 0.2) is 6.10 Å². The molecule has 2 aliphatic rings. The van der Waals surface area contributed by atoms with Gasteiger partial charge in [-0.2, -0.15) is 5.21 Å². The molecule has 10 nitrogen and oxygen atoms in total. The van der Waals surface area contributed by atoms with Crippen LogP contribution in [-0.4, -0.2) is 73.3 Å². The zero-order valence-electron chi connectivity index (χ0n) is 18.2. The molecule has 1 aliphatic heterocycles. The van der Waals surface area contributed by atoms with Crippen molar-refractivity contribution in [1.29, 1.82) is 0 Å². The average molecular weight is 463 g/mol. The van der Waals surface area contributed by atoms with E-state index in [4.69, 9.17) is 16.3 Å². The number of halogens is 1. The molecule has 11 heteroatoms. The fourth-order valence-corrected chi connectivity index (χ4v) is 4.30. The smallest absolute Gasteiger partial charge is 0.254 e. The summed E-state index contributed by atoms with van der Waals surface area (Å²) in [5.74, 6) is 0.0770. The summed E-state index contributed by atoms with van der Waals surface area (Å²) in [6.07, 6.45) is -0.401. The SMILES string of the molecule is CC(C)(C)OC[C@@H](O)C(=O)N1C[C@@H]2C[C@@H]2[C@H]1C(=O)NCc1cc(Cl)ccc1-c1nn[nH]n1. The molecule has 2 aromatic rings. The Kier molecular flexibility index (Phi) is 6.19. The Morgan fingerprint density at radius 2 is 2.19 bits per heavy atom. The molecule has 4 rings (SSSR count). The van der Waals surface area contributed by atoms with Crippen molar-refractivity contribution in [3.05, 3.63) is 28.8 Å². The van der Waals surface area contributed by atoms with E-state index < -0.39 is 23.7 Å². The van der Waals surface area contributed by atoms with Gasteiger partial charge in [0.05, 0.1) is 12.2 Å². The van der Waals surface area contributed by atoms with Crippen LogP contribution in [0.25, 0.3) is 11.4 Å². The number of rotatable bonds is 7. The normalized spacial score (nSPS) is 23.0. The van der Waals surface area contributed by atoms with Crippen LogP contribution in [0, 0.1) is 11.8 Å². The van der Waals surface area contributed by atoms with Gasteiger partial charge in [0.2, 0.25) is 11.7 Å². The quantitative estimate of drug-likeness (QED) is 0.562. The minimum Gasteiger partial charge on any atom is -0.381 e. The predicted octanol–water partition coefficient (Wildman–Crippen LogP) is 1.16. The first-order valence-corrected chi connectivity index (χ1v) is 10.9. The Morgan fingerprint density at radius 3 is 2.88 bits per heavy atom. The summed E-state index contributed by atoms with van der Waals surface area (Å²) in [4.78, 5) is 27.4. The first-order valence-electron chi connectivity index (χ1n) is 10.6. The molecule has 4 atom stereocenters. The Balaban J connectivity index is 1.43. The summed E-state index contributed by atoms with van der Waals surface area (Å²) in [7, 11) is 0. The molecule has 2 heterocycles. The Labute approximate surface area is 190 Å². The topological polar surface area (TPSA) is 133 Å². The van der Waals surface area contributed by atoms with Gasteiger partial charge in [-0.15, -0.1) is 10.2 Å². The van der Waals surface area contributed by atoms with Gasteiger partial charge in [0.25, 0.3) is 5.91 Å². The number of carbonyl (C=O) groups is 2. The molecule has 1 aromatic carbocycles. The number of carbonyl (C=O) groups excluding carboxylic acids is 2. The van der Waals surface area contributed by atoms with Crippen molar-refractivity contribution in [2.24, 2.45) is 11.8 Å². The number of likely N-dealkylation sites (tertiary alicyclic amines) is 1. The maximum absolute atomic E-state index is 13.1. The third kappa shape index (κ3) is 4.92. The standard InChI is InChI=1S/C21H27ClN6O4/c1-21(2,3)32-10-16(29)20(31)28-9-12-7-15(12)17(28)19(30)23-8-11-6-13(22)4-5-14(11)18-24-26-27-25-18/h4-6,12,15-17,29H,7-10H2,1-3H3,(H,23,30)(H,24,25,26,27)/t12-,15-,16+,17-/m0/s1. The monoisotopic (exact) mass is 462 g/mol. The fourth-order valence-electron chi connectivity index (χ4n) is 4.11. The third-order valence-corrected chi connectivity index (χ3v) is 6.00. The van der Waals surface area contributed by atoms with Gasteiger partial charge in [-0.05, 0) is 68.0 Å². The molecule has 1 saturated heterocycles. The number of hydrogen-bond acceptors (Lipinski definition) is 7. The number of piperidine rings is 1. The van der Waals surface area contributed by atoms with Crippen LogP contribution in [0.2, 0.25) is 5.02 Å². The van der Waals surface area contributed by atoms with Crippen molar-refractivity contribution in [1.82, 2.24) is 30.8 Å². The first kappa shape index (κ1) is 22.6. The summed E-state index contributed by atoms with van der Waals surface area (Å²) in [5, 5.41) is 27.7. The molecule has 0 unspecified atom stereocenters. The molecular weight excluding hydrogens is 436 g/mol. The number of ether oxygens (including phenoxy) is 1. The van der Waals surface area contributed by atoms with E-state index in [1.54, 1.807) is 18.2 Å². The highest BCUT2D eigenvalue weighted by Gasteiger charge is 2.57. The second-order valence-electron chi connectivity index (χ2n) is 9.29. The number of aromatic nitrogens is 4. The van der Waals surface area contributed by atoms with E-state index in [9.17, 15) is 14.7 Å². The molecule has 3 N–H and O–H groups in total. The Bertz CT molecular complexity index is 993. The Hall–Kier alpha value is -2.56. The number of H-pyrrole nitrogens is 1. The fraction of sp³-hybridized carbons (Fsp3) is 0.571. The highest BCUT2D eigenvalue weighted by atomic mass is 35.5. The van der Waals surface area contributed by atoms with Crippen molar-refractivity contribution in [2.45, 2.75) is 51.5 Å². The van der Waals surface area contributed by atoms with Crippen LogP contribution in [0.4, 0.5) is 0 Å². The zero-order valence-corrected chi connectivity index (χ0v) is 19.0. The third-order valence-electron chi connectivity index (χ3n) is 5.77. The van der Waals surface area contributed by atoms with E-state index in [0.29, 0.717) is 28.9 Å². The van der Waals surface area contributed by atoms with Crippen LogP contribution in [0.3, 0.4) is 0 Å². The summed E-state index contributed by atoms with van der Waals surface area (Å²) in [5.41, 5.74) is 0.953. The van der Waals surface area contributed by atoms with E-state index in [-0.39, 0.29) is 25.0 Å². The highest BCUT2D eigenvalue weighted by Crippen LogP contribution is 2.49. The molecular formula is C21H27ClN6O4. The van der Waals surface area contributed by atoms with Gasteiger partial charge in [-0.3, -0.25) is 9.59 Å². The van der Waals surface area contributed by atoms with Crippen LogP contribution in [0.5, 0.6) is 0 Å². The zero-order chi connectivity index (χ0) is 23.0. The lowest BCUT2D eigenvalue weighted by molar-refractivity contribution is -0.151. The van der Waals surface area contributed by atoms with E-state index in [1.807, 2.05) is 20.8 Å². The number of benzene rings is 1. The number of nitrogens with zero attached hydrogens (tertiary/aromatic N) is 4. The molecule has 2 amide bonds. The van der Waals surface area contributed by atoms with Crippen molar-refractivity contribution >= 4 is 23.4 Å². The van der Waals surface area contributed by atoms with Gasteiger partial charge in [0.1, 0.15) is 6.04 Å². The number of aliphatic hydroxyl groups is 1. The second kappa shape index (κ2) is 8.76. The maximum atomic E-state index is 13.1. The van der Waals surface area contributed by atoms with Gasteiger partial charge in [-0.25, -0.2) is 0 Å². The molecule has 32 heavy (non-hydrogen) atoms. The summed E-state index contributed by atoms with van der Waals surface area (Å²) >= 11 is 6.14. The van der Waals surface area contributed by atoms with Crippen LogP contribution >= 0.6 is 11.6 Å². The lowest BCUT2D eigenvalue weighted by atomic mass is 10.1. The van der Waals surface area contributed by atoms with Gasteiger partial charge in [-0.1, -0.05) is 11.6 Å². The predicted molar refractivity (Wildman–Crippen MR) is 115 cm³/mol. The van der Waals surface area contributed by atoms with Gasteiger partial charge in [0, 0.05) is 23.7 Å². The number of nitrogens with one attached hydrogen (secondary N) is 2. The van der Waals surface area contributed by atoms with Crippen molar-refractivity contribution in [3.8, 4) is 11.4 Å². The van der Waals surface area contributed by atoms with Gasteiger partial charge >= 0.3 is 0 Å². The van der Waals surface area contributed by atoms with E-state index >= 15 is 0 Å². The largest absolute Gasteiger partial charge is 0.381 e. The summed E-state index contributed by atoms with van der Waals surface area (Å²) in [6, 6.07) is 4.61. The maximum Gasteiger partial charge on any atom is 0.254 e. The molecule has 172 valence electrons. The summed E-state index contributed by atoms with van der Waals surface area (Å²) < 4.78 is 5.54. The van der Waals surface area contributed by atoms with E-state index in [1.165, 1.54) is 4.90 Å². The molecule has 1 aliphatic carbocycles. The molecule has 0 bridgehead atoms. The number of hydrogen-bond donors (Lipinski definition) is 3. The van der Waals surface area contributed by atoms with Crippen LogP contribution in [0.15, 0.2) is 18.2 Å². The highest BCUT2D eigenvalue weighted by molar-refractivity contribution is 6.30. The molecule has 2 fully saturated rings. The number of fused-ring (bicyclic) bond motifs is 1. The van der Waals surface area contributed by atoms with Crippen LogP contribution in [-0.2, 0) is 20.9 Å². The van der Waals surface area contributed by atoms with Crippen LogP contribution in [0.1, 0.15) is 32.8 Å². The molecule has 1 saturated carbocycles. The minimum atomic E-state index is -1.31. The first-order chi connectivity index (χ1) is 15.1. The average Bonchev–Trinajstić information content (AvgIpc) is 3.14. The lowest BCUT2D eigenvalue weighted by Crippen LogP contribution is -2.52. The molecule has 0 radical (unpaired) electrons. The minimum absolute atomic E-state index is 0.112. The number of aromatic amines is 1. The molecule has 1 aromatic heterocycles. The lowest BCUT2D eigenvalue weighted by Gasteiger charge is -2.29. The van der Waals surface area contributed by atoms with Crippen molar-refractivity contribution in [2.75, 3.05) is 13.2 Å². The van der Waals surface area contributed by atoms with Crippen LogP contribution < -0.4 is 5.32 Å². The number of aliphatic hydroxyl groups excluding tert-OH is 1. The van der Waals surface area contributed by atoms with E-state index in [0.717, 1.165) is 12.0 Å².